The van der Waals surface area contributed by atoms with Gasteiger partial charge in [-0.25, -0.2) is 4.79 Å². The molecule has 1 saturated heterocycles. The van der Waals surface area contributed by atoms with Crippen LogP contribution in [0.3, 0.4) is 0 Å². The number of anilines is 1. The molecule has 2 amide bonds. The van der Waals surface area contributed by atoms with E-state index >= 15 is 0 Å². The zero-order chi connectivity index (χ0) is 19.2. The lowest BCUT2D eigenvalue weighted by Gasteiger charge is -2.16. The summed E-state index contributed by atoms with van der Waals surface area (Å²) in [6.45, 7) is 4.03. The molecule has 1 unspecified atom stereocenters. The number of benzene rings is 2. The summed E-state index contributed by atoms with van der Waals surface area (Å²) in [5.74, 6) is 0.738. The monoisotopic (exact) mass is 386 g/mol. The van der Waals surface area contributed by atoms with Crippen LogP contribution >= 0.6 is 11.6 Å². The molecule has 142 valence electrons. The minimum absolute atomic E-state index is 0.155. The third-order valence-corrected chi connectivity index (χ3v) is 4.87. The van der Waals surface area contributed by atoms with E-state index in [2.05, 4.69) is 12.2 Å². The molecule has 1 heterocycles. The fraction of sp³-hybridized carbons (Fsp3) is 0.333. The Labute approximate surface area is 164 Å². The van der Waals surface area contributed by atoms with Gasteiger partial charge in [-0.1, -0.05) is 42.8 Å². The lowest BCUT2D eigenvalue weighted by molar-refractivity contribution is -0.129. The predicted molar refractivity (Wildman–Crippen MR) is 106 cm³/mol. The zero-order valence-electron chi connectivity index (χ0n) is 15.3. The number of carbonyl (C=O) groups excluding carboxylic acids is 2. The fourth-order valence-corrected chi connectivity index (χ4v) is 3.16. The first-order valence-electron chi connectivity index (χ1n) is 9.04. The minimum Gasteiger partial charge on any atom is -0.444 e. The van der Waals surface area contributed by atoms with Crippen LogP contribution in [0.2, 0.25) is 5.02 Å². The lowest BCUT2D eigenvalue weighted by atomic mass is 10.1. The van der Waals surface area contributed by atoms with Gasteiger partial charge in [0.15, 0.2) is 0 Å². The van der Waals surface area contributed by atoms with Crippen LogP contribution in [0, 0.1) is 5.92 Å². The zero-order valence-corrected chi connectivity index (χ0v) is 16.0. The molecule has 1 N–H and O–H groups in total. The summed E-state index contributed by atoms with van der Waals surface area (Å²) < 4.78 is 5.19. The summed E-state index contributed by atoms with van der Waals surface area (Å²) >= 11 is 5.83. The Kier molecular flexibility index (Phi) is 6.35. The highest BCUT2D eigenvalue weighted by molar-refractivity contribution is 6.30. The summed E-state index contributed by atoms with van der Waals surface area (Å²) in [5.41, 5.74) is 2.42. The van der Waals surface area contributed by atoms with Crippen molar-refractivity contribution in [2.24, 2.45) is 5.92 Å². The molecular formula is C21H23ClN2O3. The highest BCUT2D eigenvalue weighted by atomic mass is 35.5. The van der Waals surface area contributed by atoms with Crippen molar-refractivity contribution in [2.45, 2.75) is 26.4 Å². The largest absolute Gasteiger partial charge is 0.444 e. The average molecular weight is 387 g/mol. The van der Waals surface area contributed by atoms with Gasteiger partial charge in [-0.05, 0) is 47.7 Å². The number of ether oxygens (including phenoxy) is 1. The molecule has 1 aliphatic heterocycles. The number of likely N-dealkylation sites (tertiary alicyclic amines) is 1. The van der Waals surface area contributed by atoms with Crippen LogP contribution in [0.15, 0.2) is 48.5 Å². The molecule has 5 nitrogen and oxygen atoms in total. The van der Waals surface area contributed by atoms with Crippen molar-refractivity contribution >= 4 is 29.3 Å². The number of hydrogen-bond acceptors (Lipinski definition) is 3. The number of carbonyl (C=O) groups is 2. The maximum absolute atomic E-state index is 12.3. The van der Waals surface area contributed by atoms with Crippen molar-refractivity contribution in [1.82, 2.24) is 4.90 Å². The second-order valence-corrected chi connectivity index (χ2v) is 7.37. The van der Waals surface area contributed by atoms with E-state index in [1.807, 2.05) is 29.2 Å². The molecule has 1 aliphatic rings. The first-order valence-corrected chi connectivity index (χ1v) is 9.42. The Morgan fingerprint density at radius 2 is 1.78 bits per heavy atom. The molecule has 0 aromatic heterocycles. The van der Waals surface area contributed by atoms with Crippen molar-refractivity contribution in [1.29, 1.82) is 0 Å². The maximum Gasteiger partial charge on any atom is 0.411 e. The van der Waals surface area contributed by atoms with E-state index in [-0.39, 0.29) is 12.5 Å². The van der Waals surface area contributed by atoms with Crippen LogP contribution in [0.5, 0.6) is 0 Å². The first-order chi connectivity index (χ1) is 13.0. The van der Waals surface area contributed by atoms with Gasteiger partial charge in [0.05, 0.1) is 6.42 Å². The number of amides is 2. The van der Waals surface area contributed by atoms with Crippen LogP contribution in [0.4, 0.5) is 10.5 Å². The first kappa shape index (κ1) is 19.2. The highest BCUT2D eigenvalue weighted by Gasteiger charge is 2.22. The van der Waals surface area contributed by atoms with E-state index in [4.69, 9.17) is 16.3 Å². The third-order valence-electron chi connectivity index (χ3n) is 4.62. The van der Waals surface area contributed by atoms with Crippen molar-refractivity contribution < 1.29 is 14.3 Å². The SMILES string of the molecule is CC1CCN(C(=O)Cc2ccc(NC(=O)OCc3ccc(Cl)cc3)cc2)C1. The second kappa shape index (κ2) is 8.91. The molecular weight excluding hydrogens is 364 g/mol. The van der Waals surface area contributed by atoms with Crippen LogP contribution in [0.1, 0.15) is 24.5 Å². The predicted octanol–water partition coefficient (Wildman–Crippen LogP) is 4.50. The fourth-order valence-electron chi connectivity index (χ4n) is 3.04. The Morgan fingerprint density at radius 1 is 1.11 bits per heavy atom. The van der Waals surface area contributed by atoms with Crippen LogP contribution in [0.25, 0.3) is 0 Å². The van der Waals surface area contributed by atoms with Gasteiger partial charge in [0.2, 0.25) is 5.91 Å². The standard InChI is InChI=1S/C21H23ClN2O3/c1-15-10-11-24(13-15)20(25)12-16-4-8-19(9-5-16)23-21(26)27-14-17-2-6-18(22)7-3-17/h2-9,15H,10-14H2,1H3,(H,23,26). The normalized spacial score (nSPS) is 16.2. The molecule has 0 bridgehead atoms. The van der Waals surface area contributed by atoms with E-state index in [0.717, 1.165) is 30.6 Å². The topological polar surface area (TPSA) is 58.6 Å². The number of hydrogen-bond donors (Lipinski definition) is 1. The average Bonchev–Trinajstić information content (AvgIpc) is 3.09. The molecule has 0 spiro atoms. The van der Waals surface area contributed by atoms with Gasteiger partial charge in [-0.15, -0.1) is 0 Å². The van der Waals surface area contributed by atoms with Crippen molar-refractivity contribution in [3.63, 3.8) is 0 Å². The molecule has 2 aromatic rings. The molecule has 0 aliphatic carbocycles. The van der Waals surface area contributed by atoms with Crippen molar-refractivity contribution in [3.8, 4) is 0 Å². The molecule has 3 rings (SSSR count). The summed E-state index contributed by atoms with van der Waals surface area (Å²) in [6, 6.07) is 14.4. The summed E-state index contributed by atoms with van der Waals surface area (Å²) in [6.07, 6.45) is 0.931. The van der Waals surface area contributed by atoms with Gasteiger partial charge >= 0.3 is 6.09 Å². The Morgan fingerprint density at radius 3 is 2.41 bits per heavy atom. The summed E-state index contributed by atoms with van der Waals surface area (Å²) in [5, 5.41) is 3.32. The Hall–Kier alpha value is -2.53. The van der Waals surface area contributed by atoms with E-state index in [1.54, 1.807) is 24.3 Å². The van der Waals surface area contributed by atoms with Gasteiger partial charge in [-0.3, -0.25) is 10.1 Å². The number of halogens is 1. The van der Waals surface area contributed by atoms with Gasteiger partial charge in [0.25, 0.3) is 0 Å². The second-order valence-electron chi connectivity index (χ2n) is 6.93. The smallest absolute Gasteiger partial charge is 0.411 e. The molecule has 6 heteroatoms. The van der Waals surface area contributed by atoms with Gasteiger partial charge < -0.3 is 9.64 Å². The maximum atomic E-state index is 12.3. The van der Waals surface area contributed by atoms with Crippen molar-refractivity contribution in [2.75, 3.05) is 18.4 Å². The van der Waals surface area contributed by atoms with Gasteiger partial charge in [0.1, 0.15) is 6.61 Å². The van der Waals surface area contributed by atoms with Crippen molar-refractivity contribution in [3.05, 3.63) is 64.7 Å². The molecule has 1 fully saturated rings. The molecule has 0 radical (unpaired) electrons. The number of rotatable bonds is 5. The Balaban J connectivity index is 1.46. The molecule has 2 aromatic carbocycles. The summed E-state index contributed by atoms with van der Waals surface area (Å²) in [4.78, 5) is 26.1. The minimum atomic E-state index is -0.528. The lowest BCUT2D eigenvalue weighted by Crippen LogP contribution is -2.29. The Bertz CT molecular complexity index is 790. The number of nitrogens with zero attached hydrogens (tertiary/aromatic N) is 1. The van der Waals surface area contributed by atoms with E-state index < -0.39 is 6.09 Å². The van der Waals surface area contributed by atoms with Crippen LogP contribution < -0.4 is 5.32 Å². The van der Waals surface area contributed by atoms with E-state index in [0.29, 0.717) is 23.0 Å². The number of nitrogens with one attached hydrogen (secondary N) is 1. The third kappa shape index (κ3) is 5.73. The molecule has 27 heavy (non-hydrogen) atoms. The van der Waals surface area contributed by atoms with Gasteiger partial charge in [-0.2, -0.15) is 0 Å². The van der Waals surface area contributed by atoms with Crippen LogP contribution in [-0.4, -0.2) is 30.0 Å². The summed E-state index contributed by atoms with van der Waals surface area (Å²) in [7, 11) is 0. The van der Waals surface area contributed by atoms with E-state index in [9.17, 15) is 9.59 Å². The van der Waals surface area contributed by atoms with Gasteiger partial charge in [0, 0.05) is 23.8 Å². The highest BCUT2D eigenvalue weighted by Crippen LogP contribution is 2.17. The molecule has 0 saturated carbocycles. The molecule has 1 atom stereocenters. The van der Waals surface area contributed by atoms with Crippen LogP contribution in [-0.2, 0) is 22.6 Å². The quantitative estimate of drug-likeness (QED) is 0.823. The van der Waals surface area contributed by atoms with E-state index in [1.165, 1.54) is 0 Å².